The molecular formula is C12H28N2. The highest BCUT2D eigenvalue weighted by atomic mass is 15.1. The largest absolute Gasteiger partial charge is 0.330 e. The molecule has 0 aliphatic carbocycles. The van der Waals surface area contributed by atoms with E-state index in [2.05, 4.69) is 39.5 Å². The minimum absolute atomic E-state index is 0.651. The van der Waals surface area contributed by atoms with Crippen LogP contribution >= 0.6 is 0 Å². The topological polar surface area (TPSA) is 29.3 Å². The molecule has 1 atom stereocenters. The van der Waals surface area contributed by atoms with Gasteiger partial charge in [0.05, 0.1) is 0 Å². The van der Waals surface area contributed by atoms with Crippen molar-refractivity contribution >= 4 is 0 Å². The summed E-state index contributed by atoms with van der Waals surface area (Å²) in [5, 5.41) is 0. The highest BCUT2D eigenvalue weighted by molar-refractivity contribution is 4.68. The highest BCUT2D eigenvalue weighted by Crippen LogP contribution is 2.10. The van der Waals surface area contributed by atoms with Crippen molar-refractivity contribution in [2.45, 2.75) is 47.1 Å². The third-order valence-electron chi connectivity index (χ3n) is 2.54. The summed E-state index contributed by atoms with van der Waals surface area (Å²) in [6, 6.07) is 0.651. The van der Waals surface area contributed by atoms with Crippen LogP contribution in [0, 0.1) is 11.8 Å². The molecule has 1 unspecified atom stereocenters. The van der Waals surface area contributed by atoms with Gasteiger partial charge >= 0.3 is 0 Å². The van der Waals surface area contributed by atoms with Crippen molar-refractivity contribution in [3.63, 3.8) is 0 Å². The van der Waals surface area contributed by atoms with E-state index in [1.165, 1.54) is 13.1 Å². The number of nitrogens with two attached hydrogens (primary N) is 1. The molecule has 0 saturated carbocycles. The average Bonchev–Trinajstić information content (AvgIpc) is 2.02. The molecule has 0 saturated heterocycles. The molecule has 0 aromatic heterocycles. The first-order valence-electron chi connectivity index (χ1n) is 5.91. The summed E-state index contributed by atoms with van der Waals surface area (Å²) in [5.41, 5.74) is 5.56. The van der Waals surface area contributed by atoms with Crippen LogP contribution in [0.1, 0.15) is 41.0 Å². The first-order chi connectivity index (χ1) is 6.47. The Labute approximate surface area is 89.9 Å². The molecule has 86 valence electrons. The Morgan fingerprint density at radius 2 is 1.57 bits per heavy atom. The summed E-state index contributed by atoms with van der Waals surface area (Å²) in [6.45, 7) is 14.6. The lowest BCUT2D eigenvalue weighted by molar-refractivity contribution is 0.169. The van der Waals surface area contributed by atoms with Gasteiger partial charge in [-0.2, -0.15) is 0 Å². The van der Waals surface area contributed by atoms with Crippen molar-refractivity contribution in [3.05, 3.63) is 0 Å². The van der Waals surface area contributed by atoms with Crippen LogP contribution < -0.4 is 5.73 Å². The molecular weight excluding hydrogens is 172 g/mol. The van der Waals surface area contributed by atoms with Crippen LogP contribution in [0.3, 0.4) is 0 Å². The van der Waals surface area contributed by atoms with Gasteiger partial charge in [0.25, 0.3) is 0 Å². The fraction of sp³-hybridized carbons (Fsp3) is 1.00. The molecule has 2 heteroatoms. The maximum atomic E-state index is 5.56. The molecule has 2 N–H and O–H groups in total. The van der Waals surface area contributed by atoms with Gasteiger partial charge in [0, 0.05) is 19.1 Å². The van der Waals surface area contributed by atoms with Gasteiger partial charge in [0.2, 0.25) is 0 Å². The van der Waals surface area contributed by atoms with E-state index in [-0.39, 0.29) is 0 Å². The zero-order chi connectivity index (χ0) is 11.1. The lowest BCUT2D eigenvalue weighted by atomic mass is 10.1. The van der Waals surface area contributed by atoms with Crippen LogP contribution in [0.4, 0.5) is 0 Å². The molecule has 0 aromatic carbocycles. The van der Waals surface area contributed by atoms with Gasteiger partial charge in [0.15, 0.2) is 0 Å². The summed E-state index contributed by atoms with van der Waals surface area (Å²) in [5.74, 6) is 1.48. The summed E-state index contributed by atoms with van der Waals surface area (Å²) in [6.07, 6.45) is 1.14. The van der Waals surface area contributed by atoms with Crippen molar-refractivity contribution in [1.29, 1.82) is 0 Å². The Morgan fingerprint density at radius 3 is 1.93 bits per heavy atom. The van der Waals surface area contributed by atoms with Crippen LogP contribution in [-0.2, 0) is 0 Å². The predicted molar refractivity (Wildman–Crippen MR) is 64.4 cm³/mol. The summed E-state index contributed by atoms with van der Waals surface area (Å²) in [7, 11) is 0. The highest BCUT2D eigenvalue weighted by Gasteiger charge is 2.13. The number of nitrogens with zero attached hydrogens (tertiary/aromatic N) is 1. The molecule has 0 aliphatic heterocycles. The van der Waals surface area contributed by atoms with E-state index in [1.54, 1.807) is 0 Å². The molecule has 0 radical (unpaired) electrons. The molecule has 0 amide bonds. The Balaban J connectivity index is 3.95. The maximum Gasteiger partial charge on any atom is 0.00388 e. The van der Waals surface area contributed by atoms with E-state index in [9.17, 15) is 0 Å². The van der Waals surface area contributed by atoms with Gasteiger partial charge in [-0.25, -0.2) is 0 Å². The zero-order valence-electron chi connectivity index (χ0n) is 10.6. The molecule has 0 aliphatic rings. The fourth-order valence-corrected chi connectivity index (χ4v) is 1.74. The minimum atomic E-state index is 0.651. The molecule has 0 bridgehead atoms. The van der Waals surface area contributed by atoms with Gasteiger partial charge in [-0.1, -0.05) is 20.8 Å². The maximum absolute atomic E-state index is 5.56. The van der Waals surface area contributed by atoms with Crippen LogP contribution in [0.25, 0.3) is 0 Å². The van der Waals surface area contributed by atoms with Crippen molar-refractivity contribution < 1.29 is 0 Å². The second kappa shape index (κ2) is 7.24. The first kappa shape index (κ1) is 13.9. The predicted octanol–water partition coefficient (Wildman–Crippen LogP) is 2.34. The smallest absolute Gasteiger partial charge is 0.00388 e. The Kier molecular flexibility index (Phi) is 7.20. The SMILES string of the molecule is CC(C)CN(CC(C)CCN)C(C)C. The van der Waals surface area contributed by atoms with Gasteiger partial charge in [-0.3, -0.25) is 0 Å². The van der Waals surface area contributed by atoms with Gasteiger partial charge in [-0.15, -0.1) is 0 Å². The summed E-state index contributed by atoms with van der Waals surface area (Å²) in [4.78, 5) is 2.56. The second-order valence-electron chi connectivity index (χ2n) is 5.12. The molecule has 2 nitrogen and oxygen atoms in total. The average molecular weight is 200 g/mol. The monoisotopic (exact) mass is 200 g/mol. The Bertz CT molecular complexity index is 132. The summed E-state index contributed by atoms with van der Waals surface area (Å²) >= 11 is 0. The van der Waals surface area contributed by atoms with Crippen molar-refractivity contribution in [2.75, 3.05) is 19.6 Å². The van der Waals surface area contributed by atoms with Gasteiger partial charge in [-0.05, 0) is 38.6 Å². The molecule has 0 aromatic rings. The number of hydrogen-bond donors (Lipinski definition) is 1. The first-order valence-corrected chi connectivity index (χ1v) is 5.91. The van der Waals surface area contributed by atoms with Gasteiger partial charge < -0.3 is 10.6 Å². The third kappa shape index (κ3) is 6.39. The van der Waals surface area contributed by atoms with Gasteiger partial charge in [0.1, 0.15) is 0 Å². The van der Waals surface area contributed by atoms with E-state index in [0.717, 1.165) is 24.8 Å². The number of rotatable bonds is 7. The summed E-state index contributed by atoms with van der Waals surface area (Å²) < 4.78 is 0. The van der Waals surface area contributed by atoms with Crippen LogP contribution in [0.2, 0.25) is 0 Å². The van der Waals surface area contributed by atoms with E-state index in [4.69, 9.17) is 5.73 Å². The minimum Gasteiger partial charge on any atom is -0.330 e. The fourth-order valence-electron chi connectivity index (χ4n) is 1.74. The molecule has 0 heterocycles. The lowest BCUT2D eigenvalue weighted by Crippen LogP contribution is -2.37. The standard InChI is InChI=1S/C12H28N2/c1-10(2)8-14(11(3)4)9-12(5)6-7-13/h10-12H,6-9,13H2,1-5H3. The van der Waals surface area contributed by atoms with Crippen molar-refractivity contribution in [2.24, 2.45) is 17.6 Å². The van der Waals surface area contributed by atoms with Crippen LogP contribution in [0.15, 0.2) is 0 Å². The van der Waals surface area contributed by atoms with Crippen molar-refractivity contribution in [3.8, 4) is 0 Å². The second-order valence-corrected chi connectivity index (χ2v) is 5.12. The quantitative estimate of drug-likeness (QED) is 0.683. The molecule has 14 heavy (non-hydrogen) atoms. The molecule has 0 spiro atoms. The molecule has 0 rings (SSSR count). The lowest BCUT2D eigenvalue weighted by Gasteiger charge is -2.30. The normalized spacial score (nSPS) is 14.4. The zero-order valence-corrected chi connectivity index (χ0v) is 10.6. The van der Waals surface area contributed by atoms with E-state index in [0.29, 0.717) is 6.04 Å². The van der Waals surface area contributed by atoms with E-state index in [1.807, 2.05) is 0 Å². The van der Waals surface area contributed by atoms with E-state index < -0.39 is 0 Å². The third-order valence-corrected chi connectivity index (χ3v) is 2.54. The Morgan fingerprint density at radius 1 is 1.00 bits per heavy atom. The number of hydrogen-bond acceptors (Lipinski definition) is 2. The van der Waals surface area contributed by atoms with E-state index >= 15 is 0 Å². The Hall–Kier alpha value is -0.0800. The van der Waals surface area contributed by atoms with Crippen LogP contribution in [0.5, 0.6) is 0 Å². The van der Waals surface area contributed by atoms with Crippen molar-refractivity contribution in [1.82, 2.24) is 4.90 Å². The van der Waals surface area contributed by atoms with Crippen LogP contribution in [-0.4, -0.2) is 30.6 Å². The molecule has 0 fully saturated rings.